The summed E-state index contributed by atoms with van der Waals surface area (Å²) in [6.45, 7) is 1.99. The van der Waals surface area contributed by atoms with Gasteiger partial charge in [0.25, 0.3) is 10.0 Å². The molecule has 9 heteroatoms. The molecule has 0 aliphatic rings. The first-order valence-corrected chi connectivity index (χ1v) is 7.99. The topological polar surface area (TPSA) is 126 Å². The third kappa shape index (κ3) is 3.69. The largest absolute Gasteiger partial charge is 0.507 e. The van der Waals surface area contributed by atoms with Crippen LogP contribution >= 0.6 is 0 Å². The van der Waals surface area contributed by atoms with E-state index in [4.69, 9.17) is 9.84 Å². The quantitative estimate of drug-likeness (QED) is 0.731. The molecule has 0 spiro atoms. The summed E-state index contributed by atoms with van der Waals surface area (Å²) in [4.78, 5) is 14.4. The van der Waals surface area contributed by atoms with Gasteiger partial charge in [0, 0.05) is 12.3 Å². The van der Waals surface area contributed by atoms with Gasteiger partial charge in [-0.1, -0.05) is 0 Å². The number of nitrogens with zero attached hydrogens (tertiary/aromatic N) is 1. The van der Waals surface area contributed by atoms with Crippen molar-refractivity contribution in [2.75, 3.05) is 11.3 Å². The van der Waals surface area contributed by atoms with Crippen LogP contribution in [0.2, 0.25) is 0 Å². The number of carboxylic acid groups (broad SMARTS) is 1. The number of aromatic nitrogens is 1. The van der Waals surface area contributed by atoms with E-state index in [2.05, 4.69) is 9.71 Å². The van der Waals surface area contributed by atoms with Gasteiger partial charge < -0.3 is 14.9 Å². The molecule has 0 saturated carbocycles. The van der Waals surface area contributed by atoms with E-state index < -0.39 is 21.7 Å². The lowest BCUT2D eigenvalue weighted by atomic mass is 10.2. The van der Waals surface area contributed by atoms with Crippen LogP contribution in [0.4, 0.5) is 5.69 Å². The molecule has 0 unspecified atom stereocenters. The Morgan fingerprint density at radius 2 is 2.09 bits per heavy atom. The molecule has 0 fully saturated rings. The second-order valence-electron chi connectivity index (χ2n) is 4.40. The SMILES string of the molecule is CCOc1ccncc1S(=O)(=O)Nc1ccc(C(=O)O)c(O)c1. The smallest absolute Gasteiger partial charge is 0.339 e. The second-order valence-corrected chi connectivity index (χ2v) is 6.05. The standard InChI is InChI=1S/C14H14N2O6S/c1-2-22-12-5-6-15-8-13(12)23(20,21)16-9-3-4-10(14(18)19)11(17)7-9/h3-8,16-17H,2H2,1H3,(H,18,19). The number of pyridine rings is 1. The molecule has 0 amide bonds. The van der Waals surface area contributed by atoms with E-state index in [0.717, 1.165) is 18.3 Å². The van der Waals surface area contributed by atoms with E-state index in [1.807, 2.05) is 0 Å². The predicted molar refractivity (Wildman–Crippen MR) is 81.3 cm³/mol. The van der Waals surface area contributed by atoms with Crippen LogP contribution in [-0.4, -0.2) is 36.2 Å². The number of carboxylic acids is 1. The molecule has 2 rings (SSSR count). The van der Waals surface area contributed by atoms with E-state index in [1.165, 1.54) is 18.3 Å². The molecule has 1 aromatic heterocycles. The summed E-state index contributed by atoms with van der Waals surface area (Å²) in [5, 5.41) is 18.5. The van der Waals surface area contributed by atoms with Crippen molar-refractivity contribution in [3.63, 3.8) is 0 Å². The van der Waals surface area contributed by atoms with E-state index in [-0.39, 0.29) is 28.5 Å². The van der Waals surface area contributed by atoms with Crippen molar-refractivity contribution >= 4 is 21.7 Å². The first-order valence-electron chi connectivity index (χ1n) is 6.51. The van der Waals surface area contributed by atoms with Gasteiger partial charge in [0.1, 0.15) is 22.0 Å². The van der Waals surface area contributed by atoms with Crippen LogP contribution in [0, 0.1) is 0 Å². The minimum absolute atomic E-state index is 0.0128. The average Bonchev–Trinajstić information content (AvgIpc) is 2.47. The number of sulfonamides is 1. The lowest BCUT2D eigenvalue weighted by Crippen LogP contribution is -2.15. The van der Waals surface area contributed by atoms with Gasteiger partial charge in [0.15, 0.2) is 0 Å². The van der Waals surface area contributed by atoms with Crippen molar-refractivity contribution < 1.29 is 28.2 Å². The highest BCUT2D eigenvalue weighted by Crippen LogP contribution is 2.27. The Morgan fingerprint density at radius 3 is 2.70 bits per heavy atom. The molecule has 0 radical (unpaired) electrons. The summed E-state index contributed by atoms with van der Waals surface area (Å²) in [6.07, 6.45) is 2.54. The van der Waals surface area contributed by atoms with E-state index in [1.54, 1.807) is 6.92 Å². The minimum Gasteiger partial charge on any atom is -0.507 e. The number of aromatic carboxylic acids is 1. The van der Waals surface area contributed by atoms with Gasteiger partial charge in [-0.05, 0) is 25.1 Å². The molecule has 8 nitrogen and oxygen atoms in total. The fourth-order valence-corrected chi connectivity index (χ4v) is 2.97. The number of rotatable bonds is 6. The molecule has 3 N–H and O–H groups in total. The molecule has 0 aliphatic carbocycles. The summed E-state index contributed by atoms with van der Waals surface area (Å²) in [6, 6.07) is 4.76. The van der Waals surface area contributed by atoms with Crippen LogP contribution < -0.4 is 9.46 Å². The summed E-state index contributed by atoms with van der Waals surface area (Å²) >= 11 is 0. The molecular formula is C14H14N2O6S. The number of phenols is 1. The number of benzene rings is 1. The van der Waals surface area contributed by atoms with Crippen LogP contribution in [-0.2, 0) is 10.0 Å². The molecule has 0 bridgehead atoms. The molecule has 1 aromatic carbocycles. The number of aromatic hydroxyl groups is 1. The van der Waals surface area contributed by atoms with Crippen LogP contribution in [0.25, 0.3) is 0 Å². The van der Waals surface area contributed by atoms with Crippen LogP contribution in [0.3, 0.4) is 0 Å². The van der Waals surface area contributed by atoms with Crippen LogP contribution in [0.5, 0.6) is 11.5 Å². The normalized spacial score (nSPS) is 11.0. The van der Waals surface area contributed by atoms with Crippen molar-refractivity contribution in [3.05, 3.63) is 42.2 Å². The summed E-state index contributed by atoms with van der Waals surface area (Å²) in [5.41, 5.74) is -0.317. The average molecular weight is 338 g/mol. The second kappa shape index (κ2) is 6.53. The maximum Gasteiger partial charge on any atom is 0.339 e. The van der Waals surface area contributed by atoms with Crippen LogP contribution in [0.1, 0.15) is 17.3 Å². The van der Waals surface area contributed by atoms with Crippen molar-refractivity contribution in [2.24, 2.45) is 0 Å². The fraction of sp³-hybridized carbons (Fsp3) is 0.143. The molecule has 0 atom stereocenters. The number of carbonyl (C=O) groups is 1. The Balaban J connectivity index is 2.36. The first-order chi connectivity index (χ1) is 10.8. The Bertz CT molecular complexity index is 835. The summed E-state index contributed by atoms with van der Waals surface area (Å²) < 4.78 is 32.3. The van der Waals surface area contributed by atoms with Gasteiger partial charge >= 0.3 is 5.97 Å². The maximum atomic E-state index is 12.4. The molecule has 1 heterocycles. The number of ether oxygens (including phenoxy) is 1. The van der Waals surface area contributed by atoms with Gasteiger partial charge in [-0.15, -0.1) is 0 Å². The zero-order valence-corrected chi connectivity index (χ0v) is 12.9. The predicted octanol–water partition coefficient (Wildman–Crippen LogP) is 1.68. The van der Waals surface area contributed by atoms with Gasteiger partial charge in [-0.3, -0.25) is 9.71 Å². The van der Waals surface area contributed by atoms with E-state index in [0.29, 0.717) is 0 Å². The molecular weight excluding hydrogens is 324 g/mol. The summed E-state index contributed by atoms with van der Waals surface area (Å²) in [5.74, 6) is -1.72. The zero-order chi connectivity index (χ0) is 17.0. The number of hydrogen-bond acceptors (Lipinski definition) is 6. The van der Waals surface area contributed by atoms with Crippen molar-refractivity contribution in [2.45, 2.75) is 11.8 Å². The third-order valence-electron chi connectivity index (χ3n) is 2.82. The Morgan fingerprint density at radius 1 is 1.35 bits per heavy atom. The number of nitrogens with one attached hydrogen (secondary N) is 1. The Hall–Kier alpha value is -2.81. The zero-order valence-electron chi connectivity index (χ0n) is 12.1. The maximum absolute atomic E-state index is 12.4. The molecule has 23 heavy (non-hydrogen) atoms. The number of hydrogen-bond donors (Lipinski definition) is 3. The highest BCUT2D eigenvalue weighted by molar-refractivity contribution is 7.92. The van der Waals surface area contributed by atoms with Crippen molar-refractivity contribution in [3.8, 4) is 11.5 Å². The highest BCUT2D eigenvalue weighted by atomic mass is 32.2. The van der Waals surface area contributed by atoms with Crippen molar-refractivity contribution in [1.82, 2.24) is 4.98 Å². The highest BCUT2D eigenvalue weighted by Gasteiger charge is 2.21. The lowest BCUT2D eigenvalue weighted by molar-refractivity contribution is 0.0694. The third-order valence-corrected chi connectivity index (χ3v) is 4.21. The molecule has 0 aliphatic heterocycles. The minimum atomic E-state index is -4.01. The first kappa shape index (κ1) is 16.6. The molecule has 2 aromatic rings. The fourth-order valence-electron chi connectivity index (χ4n) is 1.83. The van der Waals surface area contributed by atoms with Gasteiger partial charge in [-0.25, -0.2) is 13.2 Å². The van der Waals surface area contributed by atoms with E-state index >= 15 is 0 Å². The van der Waals surface area contributed by atoms with Gasteiger partial charge in [0.05, 0.1) is 18.5 Å². The van der Waals surface area contributed by atoms with Crippen LogP contribution in [0.15, 0.2) is 41.6 Å². The number of anilines is 1. The van der Waals surface area contributed by atoms with Gasteiger partial charge in [0.2, 0.25) is 0 Å². The lowest BCUT2D eigenvalue weighted by Gasteiger charge is -2.12. The Kier molecular flexibility index (Phi) is 4.70. The monoisotopic (exact) mass is 338 g/mol. The Labute approximate surface area is 132 Å². The molecule has 122 valence electrons. The molecule has 0 saturated heterocycles. The van der Waals surface area contributed by atoms with Gasteiger partial charge in [-0.2, -0.15) is 0 Å². The summed E-state index contributed by atoms with van der Waals surface area (Å²) in [7, 11) is -4.01. The van der Waals surface area contributed by atoms with Crippen molar-refractivity contribution in [1.29, 1.82) is 0 Å². The van der Waals surface area contributed by atoms with E-state index in [9.17, 15) is 18.3 Å².